The normalized spacial score (nSPS) is 25.6. The summed E-state index contributed by atoms with van der Waals surface area (Å²) in [7, 11) is 0. The summed E-state index contributed by atoms with van der Waals surface area (Å²) in [5.41, 5.74) is 2.96. The zero-order valence-corrected chi connectivity index (χ0v) is 19.5. The lowest BCUT2D eigenvalue weighted by Crippen LogP contribution is -2.58. The van der Waals surface area contributed by atoms with Gasteiger partial charge in [-0.3, -0.25) is 4.79 Å². The summed E-state index contributed by atoms with van der Waals surface area (Å²) >= 11 is 0. The van der Waals surface area contributed by atoms with Crippen molar-refractivity contribution in [2.75, 3.05) is 6.61 Å². The van der Waals surface area contributed by atoms with E-state index < -0.39 is 12.0 Å². The average molecular weight is 469 g/mol. The number of carbonyl (C=O) groups is 1. The third-order valence-electron chi connectivity index (χ3n) is 7.05. The number of nitrogens with zero attached hydrogens (tertiary/aromatic N) is 1. The molecule has 6 nitrogen and oxygen atoms in total. The average Bonchev–Trinajstić information content (AvgIpc) is 3.24. The summed E-state index contributed by atoms with van der Waals surface area (Å²) < 4.78 is 19.6. The summed E-state index contributed by atoms with van der Waals surface area (Å²) in [6.07, 6.45) is 1.43. The first-order chi connectivity index (χ1) is 17.1. The first-order valence-corrected chi connectivity index (χ1v) is 12.0. The summed E-state index contributed by atoms with van der Waals surface area (Å²) in [5, 5.41) is 2.92. The number of hydrogen-bond donors (Lipinski definition) is 1. The van der Waals surface area contributed by atoms with Gasteiger partial charge in [0.25, 0.3) is 5.91 Å². The van der Waals surface area contributed by atoms with Crippen LogP contribution in [-0.4, -0.2) is 42.2 Å². The molecule has 0 aromatic heterocycles. The SMILES string of the molecule is CC1=CN2[C@H](NC1=O)O[C@@H]1C[C@H]2O[C@@H]1COC(c1ccccc1)(c1ccccc1)c1ccccc1. The molecule has 3 aliphatic rings. The molecule has 1 amide bonds. The maximum absolute atomic E-state index is 12.1. The molecular weight excluding hydrogens is 440 g/mol. The van der Waals surface area contributed by atoms with E-state index in [0.29, 0.717) is 12.2 Å². The lowest BCUT2D eigenvalue weighted by Gasteiger charge is -2.41. The molecule has 0 aliphatic carbocycles. The van der Waals surface area contributed by atoms with Crippen LogP contribution in [0.4, 0.5) is 0 Å². The van der Waals surface area contributed by atoms with Crippen LogP contribution in [-0.2, 0) is 24.6 Å². The van der Waals surface area contributed by atoms with Crippen LogP contribution >= 0.6 is 0 Å². The van der Waals surface area contributed by atoms with E-state index in [1.54, 1.807) is 6.92 Å². The highest BCUT2D eigenvalue weighted by Gasteiger charge is 2.49. The van der Waals surface area contributed by atoms with Crippen LogP contribution in [0.5, 0.6) is 0 Å². The zero-order chi connectivity index (χ0) is 23.8. The summed E-state index contributed by atoms with van der Waals surface area (Å²) in [6.45, 7) is 2.12. The Bertz CT molecular complexity index is 1120. The van der Waals surface area contributed by atoms with Crippen molar-refractivity contribution in [1.29, 1.82) is 0 Å². The Morgan fingerprint density at radius 2 is 1.43 bits per heavy atom. The Morgan fingerprint density at radius 3 is 1.97 bits per heavy atom. The molecule has 178 valence electrons. The highest BCUT2D eigenvalue weighted by Crippen LogP contribution is 2.42. The third-order valence-corrected chi connectivity index (χ3v) is 7.05. The second-order valence-corrected chi connectivity index (χ2v) is 9.21. The Labute approximate surface area is 205 Å². The van der Waals surface area contributed by atoms with Crippen molar-refractivity contribution in [3.05, 3.63) is 119 Å². The number of carbonyl (C=O) groups excluding carboxylic acids is 1. The van der Waals surface area contributed by atoms with Crippen LogP contribution in [0, 0.1) is 0 Å². The molecule has 3 aliphatic heterocycles. The quantitative estimate of drug-likeness (QED) is 0.552. The monoisotopic (exact) mass is 468 g/mol. The Morgan fingerprint density at radius 1 is 0.886 bits per heavy atom. The van der Waals surface area contributed by atoms with Crippen LogP contribution in [0.2, 0.25) is 0 Å². The summed E-state index contributed by atoms with van der Waals surface area (Å²) in [6, 6.07) is 30.9. The standard InChI is InChI=1S/C29H28N2O4/c1-20-18-31-26-17-24(35-28(31)30-27(20)32)25(34-26)19-33-29(21-11-5-2-6-12-21,22-13-7-3-8-14-22)23-15-9-4-10-16-23/h2-16,18,24-26,28H,17,19H2,1H3,(H,30,32)/t24-,25-,26-,28+/m1/s1. The minimum Gasteiger partial charge on any atom is -0.358 e. The van der Waals surface area contributed by atoms with Gasteiger partial charge in [0.15, 0.2) is 0 Å². The second kappa shape index (κ2) is 8.96. The highest BCUT2D eigenvalue weighted by molar-refractivity contribution is 5.93. The Hall–Kier alpha value is -3.45. The summed E-state index contributed by atoms with van der Waals surface area (Å²) in [4.78, 5) is 14.1. The number of hydrogen-bond acceptors (Lipinski definition) is 5. The highest BCUT2D eigenvalue weighted by atomic mass is 16.6. The number of nitrogens with one attached hydrogen (secondary N) is 1. The molecule has 1 N–H and O–H groups in total. The van der Waals surface area contributed by atoms with Crippen LogP contribution in [0.3, 0.4) is 0 Å². The summed E-state index contributed by atoms with van der Waals surface area (Å²) in [5.74, 6) is -0.114. The van der Waals surface area contributed by atoms with Gasteiger partial charge in [-0.15, -0.1) is 0 Å². The lowest BCUT2D eigenvalue weighted by atomic mass is 9.80. The van der Waals surface area contributed by atoms with Crippen molar-refractivity contribution in [3.63, 3.8) is 0 Å². The molecule has 3 aromatic carbocycles. The number of amides is 1. The molecule has 0 saturated carbocycles. The first kappa shape index (κ1) is 22.0. The van der Waals surface area contributed by atoms with Gasteiger partial charge in [-0.05, 0) is 23.6 Å². The van der Waals surface area contributed by atoms with E-state index in [0.717, 1.165) is 23.1 Å². The first-order valence-electron chi connectivity index (χ1n) is 12.0. The molecule has 35 heavy (non-hydrogen) atoms. The minimum absolute atomic E-state index is 0.114. The van der Waals surface area contributed by atoms with Gasteiger partial charge in [-0.25, -0.2) is 0 Å². The van der Waals surface area contributed by atoms with E-state index in [1.165, 1.54) is 0 Å². The predicted octanol–water partition coefficient (Wildman–Crippen LogP) is 4.13. The van der Waals surface area contributed by atoms with Crippen LogP contribution in [0.25, 0.3) is 0 Å². The molecule has 2 saturated heterocycles. The van der Waals surface area contributed by atoms with E-state index in [4.69, 9.17) is 14.2 Å². The topological polar surface area (TPSA) is 60.0 Å². The van der Waals surface area contributed by atoms with Gasteiger partial charge in [-0.2, -0.15) is 0 Å². The van der Waals surface area contributed by atoms with Crippen molar-refractivity contribution >= 4 is 5.91 Å². The third kappa shape index (κ3) is 3.84. The number of rotatable bonds is 6. The smallest absolute Gasteiger partial charge is 0.251 e. The van der Waals surface area contributed by atoms with E-state index in [-0.39, 0.29) is 24.3 Å². The van der Waals surface area contributed by atoms with E-state index >= 15 is 0 Å². The van der Waals surface area contributed by atoms with Gasteiger partial charge in [0, 0.05) is 18.2 Å². The Kier molecular flexibility index (Phi) is 5.65. The molecule has 6 heteroatoms. The van der Waals surface area contributed by atoms with Crippen LogP contribution in [0.1, 0.15) is 30.0 Å². The van der Waals surface area contributed by atoms with Crippen molar-refractivity contribution in [2.24, 2.45) is 0 Å². The molecule has 0 radical (unpaired) electrons. The van der Waals surface area contributed by atoms with Gasteiger partial charge in [0.05, 0.1) is 12.7 Å². The number of ether oxygens (including phenoxy) is 3. The molecule has 0 unspecified atom stereocenters. The van der Waals surface area contributed by atoms with Gasteiger partial charge < -0.3 is 24.4 Å². The second-order valence-electron chi connectivity index (χ2n) is 9.21. The van der Waals surface area contributed by atoms with Crippen molar-refractivity contribution in [3.8, 4) is 0 Å². The predicted molar refractivity (Wildman–Crippen MR) is 131 cm³/mol. The fourth-order valence-electron chi connectivity index (χ4n) is 5.31. The largest absolute Gasteiger partial charge is 0.358 e. The van der Waals surface area contributed by atoms with Gasteiger partial charge in [-0.1, -0.05) is 91.0 Å². The fraction of sp³-hybridized carbons (Fsp3) is 0.276. The number of fused-ring (bicyclic) bond motifs is 4. The number of benzene rings is 3. The lowest BCUT2D eigenvalue weighted by molar-refractivity contribution is -0.163. The molecule has 3 heterocycles. The maximum atomic E-state index is 12.1. The van der Waals surface area contributed by atoms with Crippen molar-refractivity contribution in [2.45, 2.75) is 43.7 Å². The van der Waals surface area contributed by atoms with Crippen molar-refractivity contribution in [1.82, 2.24) is 10.2 Å². The molecule has 6 rings (SSSR count). The molecule has 4 atom stereocenters. The van der Waals surface area contributed by atoms with Crippen LogP contribution < -0.4 is 5.32 Å². The fourth-order valence-corrected chi connectivity index (χ4v) is 5.31. The van der Waals surface area contributed by atoms with E-state index in [9.17, 15) is 4.79 Å². The van der Waals surface area contributed by atoms with Gasteiger partial charge in [0.2, 0.25) is 6.35 Å². The van der Waals surface area contributed by atoms with E-state index in [2.05, 4.69) is 41.7 Å². The maximum Gasteiger partial charge on any atom is 0.251 e. The Balaban J connectivity index is 1.34. The zero-order valence-electron chi connectivity index (χ0n) is 19.5. The molecule has 3 aromatic rings. The van der Waals surface area contributed by atoms with E-state index in [1.807, 2.05) is 65.7 Å². The molecule has 2 fully saturated rings. The van der Waals surface area contributed by atoms with Crippen LogP contribution in [0.15, 0.2) is 103 Å². The van der Waals surface area contributed by atoms with Gasteiger partial charge in [0.1, 0.15) is 17.9 Å². The van der Waals surface area contributed by atoms with Crippen molar-refractivity contribution < 1.29 is 19.0 Å². The molecular formula is C29H28N2O4. The minimum atomic E-state index is -0.818. The molecule has 0 spiro atoms. The molecule has 2 bridgehead atoms. The van der Waals surface area contributed by atoms with Gasteiger partial charge >= 0.3 is 0 Å².